The Balaban J connectivity index is 2.56. The number of hydrogen-bond acceptors (Lipinski definition) is 4. The maximum absolute atomic E-state index is 11.5. The van der Waals surface area contributed by atoms with Gasteiger partial charge in [0.05, 0.1) is 13.7 Å². The van der Waals surface area contributed by atoms with Crippen LogP contribution in [0, 0.1) is 0 Å². The Kier molecular flexibility index (Phi) is 5.78. The molecule has 0 fully saturated rings. The molecule has 4 nitrogen and oxygen atoms in total. The van der Waals surface area contributed by atoms with Gasteiger partial charge in [-0.05, 0) is 36.8 Å². The quantitative estimate of drug-likeness (QED) is 0.647. The summed E-state index contributed by atoms with van der Waals surface area (Å²) in [5.41, 5.74) is 6.17. The molecule has 1 aromatic carbocycles. The maximum atomic E-state index is 11.5. The zero-order valence-electron chi connectivity index (χ0n) is 13.7. The molecule has 118 valence electrons. The Bertz CT molecular complexity index is 475. The molecule has 0 saturated carbocycles. The summed E-state index contributed by atoms with van der Waals surface area (Å²) in [5.74, 6) is 0.499. The lowest BCUT2D eigenvalue weighted by Crippen LogP contribution is -2.45. The first-order valence-corrected chi connectivity index (χ1v) is 7.28. The lowest BCUT2D eigenvalue weighted by atomic mass is 9.86. The van der Waals surface area contributed by atoms with Crippen molar-refractivity contribution in [1.29, 1.82) is 0 Å². The van der Waals surface area contributed by atoms with Crippen LogP contribution in [0.1, 0.15) is 46.1 Å². The maximum Gasteiger partial charge on any atom is 0.325 e. The zero-order valence-corrected chi connectivity index (χ0v) is 13.7. The van der Waals surface area contributed by atoms with E-state index < -0.39 is 11.5 Å². The van der Waals surface area contributed by atoms with E-state index in [0.29, 0.717) is 19.4 Å². The number of para-hydroxylation sites is 1. The fourth-order valence-corrected chi connectivity index (χ4v) is 2.17. The number of ether oxygens (including phenoxy) is 2. The SMILES string of the molecule is COC(=O)C(C)(N)CCCOc1ccccc1C(C)(C)C. The molecule has 0 saturated heterocycles. The second-order valence-corrected chi connectivity index (χ2v) is 6.61. The van der Waals surface area contributed by atoms with Crippen LogP contribution in [0.15, 0.2) is 24.3 Å². The third-order valence-electron chi connectivity index (χ3n) is 3.44. The van der Waals surface area contributed by atoms with Crippen molar-refractivity contribution in [1.82, 2.24) is 0 Å². The van der Waals surface area contributed by atoms with Gasteiger partial charge in [0.1, 0.15) is 11.3 Å². The van der Waals surface area contributed by atoms with E-state index in [2.05, 4.69) is 31.6 Å². The van der Waals surface area contributed by atoms with E-state index in [0.717, 1.165) is 5.75 Å². The Morgan fingerprint density at radius 3 is 2.38 bits per heavy atom. The number of methoxy groups -OCH3 is 1. The number of esters is 1. The highest BCUT2D eigenvalue weighted by molar-refractivity contribution is 5.79. The highest BCUT2D eigenvalue weighted by Crippen LogP contribution is 2.31. The molecule has 2 N–H and O–H groups in total. The minimum absolute atomic E-state index is 0.0327. The molecule has 0 heterocycles. The van der Waals surface area contributed by atoms with E-state index in [1.54, 1.807) is 6.92 Å². The van der Waals surface area contributed by atoms with Crippen molar-refractivity contribution < 1.29 is 14.3 Å². The Labute approximate surface area is 127 Å². The van der Waals surface area contributed by atoms with Crippen LogP contribution in [0.3, 0.4) is 0 Å². The predicted molar refractivity (Wildman–Crippen MR) is 84.5 cm³/mol. The molecule has 0 radical (unpaired) electrons. The van der Waals surface area contributed by atoms with Crippen LogP contribution in [0.2, 0.25) is 0 Å². The van der Waals surface area contributed by atoms with E-state index >= 15 is 0 Å². The van der Waals surface area contributed by atoms with Gasteiger partial charge in [0.15, 0.2) is 0 Å². The summed E-state index contributed by atoms with van der Waals surface area (Å²) in [6, 6.07) is 8.03. The predicted octanol–water partition coefficient (Wildman–Crippen LogP) is 3.03. The van der Waals surface area contributed by atoms with Gasteiger partial charge in [-0.2, -0.15) is 0 Å². The van der Waals surface area contributed by atoms with Gasteiger partial charge >= 0.3 is 5.97 Å². The molecule has 0 aliphatic rings. The van der Waals surface area contributed by atoms with Crippen molar-refractivity contribution in [2.45, 2.75) is 51.5 Å². The molecular formula is C17H27NO3. The van der Waals surface area contributed by atoms with Gasteiger partial charge in [-0.25, -0.2) is 0 Å². The van der Waals surface area contributed by atoms with Crippen molar-refractivity contribution in [2.24, 2.45) is 5.73 Å². The average Bonchev–Trinajstić information content (AvgIpc) is 2.42. The van der Waals surface area contributed by atoms with Crippen LogP contribution in [-0.4, -0.2) is 25.2 Å². The van der Waals surface area contributed by atoms with Crippen LogP contribution < -0.4 is 10.5 Å². The van der Waals surface area contributed by atoms with Crippen molar-refractivity contribution >= 4 is 5.97 Å². The topological polar surface area (TPSA) is 61.5 Å². The van der Waals surface area contributed by atoms with E-state index in [1.807, 2.05) is 18.2 Å². The second kappa shape index (κ2) is 6.94. The van der Waals surface area contributed by atoms with Crippen molar-refractivity contribution in [3.8, 4) is 5.75 Å². The lowest BCUT2D eigenvalue weighted by molar-refractivity contribution is -0.146. The molecule has 4 heteroatoms. The first kappa shape index (κ1) is 17.5. The molecule has 21 heavy (non-hydrogen) atoms. The van der Waals surface area contributed by atoms with Crippen LogP contribution in [0.25, 0.3) is 0 Å². The minimum Gasteiger partial charge on any atom is -0.493 e. The smallest absolute Gasteiger partial charge is 0.325 e. The fraction of sp³-hybridized carbons (Fsp3) is 0.588. The van der Waals surface area contributed by atoms with Gasteiger partial charge in [0, 0.05) is 0 Å². The van der Waals surface area contributed by atoms with Gasteiger partial charge in [-0.3, -0.25) is 4.79 Å². The minimum atomic E-state index is -0.957. The van der Waals surface area contributed by atoms with Gasteiger partial charge in [-0.1, -0.05) is 39.0 Å². The van der Waals surface area contributed by atoms with Crippen LogP contribution in [0.5, 0.6) is 5.75 Å². The third-order valence-corrected chi connectivity index (χ3v) is 3.44. The Morgan fingerprint density at radius 1 is 1.19 bits per heavy atom. The molecule has 1 rings (SSSR count). The average molecular weight is 293 g/mol. The summed E-state index contributed by atoms with van der Waals surface area (Å²) in [7, 11) is 1.35. The number of nitrogens with two attached hydrogens (primary N) is 1. The number of hydrogen-bond donors (Lipinski definition) is 1. The third kappa shape index (κ3) is 5.05. The van der Waals surface area contributed by atoms with Crippen LogP contribution in [0.4, 0.5) is 0 Å². The molecular weight excluding hydrogens is 266 g/mol. The second-order valence-electron chi connectivity index (χ2n) is 6.61. The summed E-state index contributed by atoms with van der Waals surface area (Å²) in [4.78, 5) is 11.5. The van der Waals surface area contributed by atoms with Crippen molar-refractivity contribution in [3.05, 3.63) is 29.8 Å². The molecule has 0 spiro atoms. The number of benzene rings is 1. The molecule has 1 aromatic rings. The van der Waals surface area contributed by atoms with E-state index in [1.165, 1.54) is 12.7 Å². The van der Waals surface area contributed by atoms with Crippen molar-refractivity contribution in [3.63, 3.8) is 0 Å². The molecule has 1 atom stereocenters. The monoisotopic (exact) mass is 293 g/mol. The summed E-state index contributed by atoms with van der Waals surface area (Å²) >= 11 is 0. The fourth-order valence-electron chi connectivity index (χ4n) is 2.17. The highest BCUT2D eigenvalue weighted by Gasteiger charge is 2.28. The first-order valence-electron chi connectivity index (χ1n) is 7.28. The summed E-state index contributed by atoms with van der Waals surface area (Å²) < 4.78 is 10.6. The van der Waals surface area contributed by atoms with E-state index in [-0.39, 0.29) is 5.41 Å². The summed E-state index contributed by atoms with van der Waals surface area (Å²) in [6.45, 7) is 8.68. The normalized spacial score (nSPS) is 14.4. The van der Waals surface area contributed by atoms with E-state index in [9.17, 15) is 4.79 Å². The molecule has 0 bridgehead atoms. The van der Waals surface area contributed by atoms with Gasteiger partial charge in [0.2, 0.25) is 0 Å². The van der Waals surface area contributed by atoms with Crippen LogP contribution in [-0.2, 0) is 14.9 Å². The van der Waals surface area contributed by atoms with Gasteiger partial charge in [0.25, 0.3) is 0 Å². The molecule has 0 aliphatic carbocycles. The van der Waals surface area contributed by atoms with Crippen molar-refractivity contribution in [2.75, 3.05) is 13.7 Å². The van der Waals surface area contributed by atoms with Crippen LogP contribution >= 0.6 is 0 Å². The van der Waals surface area contributed by atoms with E-state index in [4.69, 9.17) is 10.5 Å². The van der Waals surface area contributed by atoms with Gasteiger partial charge in [-0.15, -0.1) is 0 Å². The standard InChI is InChI=1S/C17H27NO3/c1-16(2,3)13-9-6-7-10-14(13)21-12-8-11-17(4,18)15(19)20-5/h6-7,9-10H,8,11-12,18H2,1-5H3. The van der Waals surface area contributed by atoms with Gasteiger partial charge < -0.3 is 15.2 Å². The number of carbonyl (C=O) groups is 1. The number of carbonyl (C=O) groups excluding carboxylic acids is 1. The molecule has 0 aromatic heterocycles. The highest BCUT2D eigenvalue weighted by atomic mass is 16.5. The zero-order chi connectivity index (χ0) is 16.1. The molecule has 1 unspecified atom stereocenters. The molecule has 0 amide bonds. The lowest BCUT2D eigenvalue weighted by Gasteiger charge is -2.24. The first-order chi connectivity index (χ1) is 9.68. The Hall–Kier alpha value is -1.55. The number of rotatable bonds is 6. The molecule has 0 aliphatic heterocycles. The summed E-state index contributed by atoms with van der Waals surface area (Å²) in [5, 5.41) is 0. The summed E-state index contributed by atoms with van der Waals surface area (Å²) in [6.07, 6.45) is 1.22. The Morgan fingerprint density at radius 2 is 1.81 bits per heavy atom. The largest absolute Gasteiger partial charge is 0.493 e.